The average molecular weight is 547 g/mol. The summed E-state index contributed by atoms with van der Waals surface area (Å²) in [7, 11) is 0. The molecule has 0 saturated heterocycles. The number of phenolic OH excluding ortho intramolecular Hbond substituents is 1. The van der Waals surface area contributed by atoms with E-state index in [1.807, 2.05) is 30.3 Å². The molecule has 0 aromatic heterocycles. The van der Waals surface area contributed by atoms with Crippen molar-refractivity contribution in [2.45, 2.75) is 12.8 Å². The number of rotatable bonds is 4. The van der Waals surface area contributed by atoms with E-state index in [-0.39, 0.29) is 45.9 Å². The second-order valence-corrected chi connectivity index (χ2v) is 9.75. The van der Waals surface area contributed by atoms with Crippen molar-refractivity contribution in [2.24, 2.45) is 0 Å². The molecule has 196 valence electrons. The quantitative estimate of drug-likeness (QED) is 0.306. The van der Waals surface area contributed by atoms with Crippen LogP contribution in [0, 0.1) is 0 Å². The molecule has 5 nitrogen and oxygen atoms in total. The Morgan fingerprint density at radius 2 is 1.07 bits per heavy atom. The molecule has 40 heavy (non-hydrogen) atoms. The van der Waals surface area contributed by atoms with Crippen LogP contribution in [-0.2, 0) is 12.8 Å². The largest absolute Gasteiger partial charge is 0.508 e. The third-order valence-electron chi connectivity index (χ3n) is 6.79. The molecule has 0 heterocycles. The van der Waals surface area contributed by atoms with Gasteiger partial charge < -0.3 is 5.11 Å². The first-order valence-electron chi connectivity index (χ1n) is 12.6. The number of allylic oxidation sites excluding steroid dienone is 4. The smallest absolute Gasteiger partial charge is 0.205 e. The van der Waals surface area contributed by atoms with Crippen LogP contribution in [0.3, 0.4) is 0 Å². The Bertz CT molecular complexity index is 1730. The molecule has 4 aromatic rings. The molecule has 2 aliphatic carbocycles. The van der Waals surface area contributed by atoms with Gasteiger partial charge >= 0.3 is 0 Å². The zero-order chi connectivity index (χ0) is 28.2. The van der Waals surface area contributed by atoms with Crippen LogP contribution < -0.4 is 0 Å². The summed E-state index contributed by atoms with van der Waals surface area (Å²) in [5, 5.41) is 9.75. The minimum Gasteiger partial charge on any atom is -0.508 e. The number of carbonyl (C=O) groups excluding carboxylic acids is 4. The Morgan fingerprint density at radius 3 is 1.73 bits per heavy atom. The number of ketones is 4. The maximum atomic E-state index is 12.5. The highest BCUT2D eigenvalue weighted by molar-refractivity contribution is 6.50. The van der Waals surface area contributed by atoms with Gasteiger partial charge in [0.25, 0.3) is 0 Å². The van der Waals surface area contributed by atoms with Gasteiger partial charge in [-0.25, -0.2) is 0 Å². The number of aromatic hydroxyl groups is 1. The Balaban J connectivity index is 0.000000162. The van der Waals surface area contributed by atoms with E-state index >= 15 is 0 Å². The predicted molar refractivity (Wildman–Crippen MR) is 153 cm³/mol. The maximum Gasteiger partial charge on any atom is 0.205 e. The molecule has 0 atom stereocenters. The third-order valence-corrected chi connectivity index (χ3v) is 7.18. The highest BCUT2D eigenvalue weighted by Crippen LogP contribution is 2.32. The van der Waals surface area contributed by atoms with E-state index in [9.17, 15) is 24.3 Å². The van der Waals surface area contributed by atoms with Gasteiger partial charge in [-0.3, -0.25) is 19.2 Å². The second kappa shape index (κ2) is 11.5. The zero-order valence-corrected chi connectivity index (χ0v) is 22.0. The summed E-state index contributed by atoms with van der Waals surface area (Å²) >= 11 is 6.09. The van der Waals surface area contributed by atoms with Crippen LogP contribution in [0.15, 0.2) is 125 Å². The zero-order valence-electron chi connectivity index (χ0n) is 21.3. The number of hydrogen-bond donors (Lipinski definition) is 1. The van der Waals surface area contributed by atoms with Gasteiger partial charge in [0.15, 0.2) is 17.3 Å². The molecule has 0 radical (unpaired) electrons. The van der Waals surface area contributed by atoms with E-state index in [2.05, 4.69) is 0 Å². The van der Waals surface area contributed by atoms with Crippen LogP contribution in [0.1, 0.15) is 52.6 Å². The highest BCUT2D eigenvalue weighted by atomic mass is 35.5. The number of fused-ring (bicyclic) bond motifs is 2. The third kappa shape index (κ3) is 5.33. The van der Waals surface area contributed by atoms with Gasteiger partial charge in [-0.15, -0.1) is 0 Å². The second-order valence-electron chi connectivity index (χ2n) is 9.37. The van der Waals surface area contributed by atoms with Crippen LogP contribution in [0.5, 0.6) is 5.75 Å². The lowest BCUT2D eigenvalue weighted by atomic mass is 9.86. The van der Waals surface area contributed by atoms with E-state index in [1.54, 1.807) is 66.7 Å². The summed E-state index contributed by atoms with van der Waals surface area (Å²) in [5.41, 5.74) is 4.09. The van der Waals surface area contributed by atoms with Crippen molar-refractivity contribution in [3.8, 4) is 5.75 Å². The molecule has 0 aliphatic heterocycles. The maximum absolute atomic E-state index is 12.5. The van der Waals surface area contributed by atoms with Crippen molar-refractivity contribution in [1.29, 1.82) is 0 Å². The Labute approximate surface area is 236 Å². The molecule has 0 saturated carbocycles. The lowest BCUT2D eigenvalue weighted by Gasteiger charge is -2.18. The molecule has 6 heteroatoms. The van der Waals surface area contributed by atoms with Gasteiger partial charge in [-0.05, 0) is 23.3 Å². The molecule has 2 aliphatic rings. The van der Waals surface area contributed by atoms with Crippen molar-refractivity contribution < 1.29 is 24.3 Å². The average Bonchev–Trinajstić information content (AvgIpc) is 2.98. The van der Waals surface area contributed by atoms with Crippen LogP contribution in [0.4, 0.5) is 0 Å². The highest BCUT2D eigenvalue weighted by Gasteiger charge is 2.31. The Kier molecular flexibility index (Phi) is 7.67. The van der Waals surface area contributed by atoms with E-state index in [4.69, 9.17) is 11.6 Å². The van der Waals surface area contributed by atoms with Gasteiger partial charge in [0, 0.05) is 46.2 Å². The van der Waals surface area contributed by atoms with Gasteiger partial charge in [0.1, 0.15) is 5.75 Å². The minimum absolute atomic E-state index is 0.0425. The SMILES string of the molecule is O=C1C(Cl)=C(Cc2ccccc2O)C(=O)c2ccccc21.O=C1C=C(Cc2ccccc2)C(=O)c2ccccc21. The number of para-hydroxylation sites is 1. The normalized spacial score (nSPS) is 14.2. The lowest BCUT2D eigenvalue weighted by Crippen LogP contribution is -2.21. The number of carbonyl (C=O) groups is 4. The molecule has 0 fully saturated rings. The van der Waals surface area contributed by atoms with Gasteiger partial charge in [0.05, 0.1) is 5.03 Å². The van der Waals surface area contributed by atoms with E-state index in [0.717, 1.165) is 5.56 Å². The van der Waals surface area contributed by atoms with Gasteiger partial charge in [-0.2, -0.15) is 0 Å². The monoisotopic (exact) mass is 546 g/mol. The summed E-state index contributed by atoms with van der Waals surface area (Å²) in [6, 6.07) is 30.0. The number of hydrogen-bond acceptors (Lipinski definition) is 5. The number of halogens is 1. The summed E-state index contributed by atoms with van der Waals surface area (Å²) in [4.78, 5) is 49.1. The molecular weight excluding hydrogens is 524 g/mol. The predicted octanol–water partition coefficient (Wildman–Crippen LogP) is 6.74. The molecule has 6 rings (SSSR count). The first-order chi connectivity index (χ1) is 19.3. The van der Waals surface area contributed by atoms with Crippen molar-refractivity contribution in [2.75, 3.05) is 0 Å². The first-order valence-corrected chi connectivity index (χ1v) is 13.0. The summed E-state index contributed by atoms with van der Waals surface area (Å²) in [5.74, 6) is -0.663. The number of benzene rings is 4. The van der Waals surface area contributed by atoms with Crippen LogP contribution in [0.2, 0.25) is 0 Å². The Morgan fingerprint density at radius 1 is 0.550 bits per heavy atom. The summed E-state index contributed by atoms with van der Waals surface area (Å²) < 4.78 is 0. The molecule has 0 amide bonds. The molecule has 4 aromatic carbocycles. The fourth-order valence-corrected chi connectivity index (χ4v) is 4.98. The number of phenols is 1. The first kappa shape index (κ1) is 26.7. The summed E-state index contributed by atoms with van der Waals surface area (Å²) in [6.45, 7) is 0. The van der Waals surface area contributed by atoms with Gasteiger partial charge in [-0.1, -0.05) is 109 Å². The molecule has 0 unspecified atom stereocenters. The molecule has 1 N–H and O–H groups in total. The lowest BCUT2D eigenvalue weighted by molar-refractivity contribution is 0.0979. The fourth-order valence-electron chi connectivity index (χ4n) is 4.72. The van der Waals surface area contributed by atoms with Crippen LogP contribution >= 0.6 is 11.6 Å². The van der Waals surface area contributed by atoms with Crippen molar-refractivity contribution in [3.63, 3.8) is 0 Å². The topological polar surface area (TPSA) is 88.5 Å². The van der Waals surface area contributed by atoms with Crippen molar-refractivity contribution in [1.82, 2.24) is 0 Å². The van der Waals surface area contributed by atoms with Crippen molar-refractivity contribution >= 4 is 34.7 Å². The standard InChI is InChI=1S/C17H11ClO3.C17H12O2/c18-15-13(9-10-5-1-4-8-14(10)19)16(20)11-6-2-3-7-12(11)17(15)21;18-16-11-13(10-12-6-2-1-3-7-12)17(19)15-9-5-4-8-14(15)16/h1-8,19H,9H2;1-9,11H,10H2. The minimum atomic E-state index is -0.350. The van der Waals surface area contributed by atoms with E-state index < -0.39 is 0 Å². The van der Waals surface area contributed by atoms with E-state index in [0.29, 0.717) is 39.8 Å². The molecule has 0 spiro atoms. The van der Waals surface area contributed by atoms with Gasteiger partial charge in [0.2, 0.25) is 5.78 Å². The molecular formula is C34H23ClO5. The fraction of sp³-hybridized carbons (Fsp3) is 0.0588. The Hall–Kier alpha value is -4.87. The van der Waals surface area contributed by atoms with Crippen molar-refractivity contribution in [3.05, 3.63) is 159 Å². The number of Topliss-reactive ketones (excluding diaryl/α,β-unsaturated/α-hetero) is 3. The molecule has 0 bridgehead atoms. The van der Waals surface area contributed by atoms with Crippen LogP contribution in [0.25, 0.3) is 0 Å². The van der Waals surface area contributed by atoms with E-state index in [1.165, 1.54) is 12.1 Å². The summed E-state index contributed by atoms with van der Waals surface area (Å²) in [6.07, 6.45) is 2.10. The van der Waals surface area contributed by atoms with Crippen LogP contribution in [-0.4, -0.2) is 28.2 Å².